The highest BCUT2D eigenvalue weighted by atomic mass is 19.4. The number of pyridine rings is 1. The van der Waals surface area contributed by atoms with Gasteiger partial charge in [0.1, 0.15) is 17.3 Å². The van der Waals surface area contributed by atoms with E-state index in [9.17, 15) is 22.0 Å². The first-order valence-corrected chi connectivity index (χ1v) is 5.31. The van der Waals surface area contributed by atoms with Crippen molar-refractivity contribution in [2.75, 3.05) is 11.1 Å². The van der Waals surface area contributed by atoms with Crippen LogP contribution in [-0.2, 0) is 6.18 Å². The first kappa shape index (κ1) is 14.0. The molecule has 0 aliphatic carbocycles. The van der Waals surface area contributed by atoms with Crippen LogP contribution in [0.25, 0.3) is 0 Å². The molecule has 0 bridgehead atoms. The van der Waals surface area contributed by atoms with Gasteiger partial charge in [-0.1, -0.05) is 0 Å². The van der Waals surface area contributed by atoms with E-state index in [4.69, 9.17) is 5.73 Å². The molecular weight excluding hydrogens is 281 g/mol. The number of nitrogens with two attached hydrogens (primary N) is 1. The lowest BCUT2D eigenvalue weighted by atomic mass is 10.2. The van der Waals surface area contributed by atoms with Crippen LogP contribution >= 0.6 is 0 Å². The van der Waals surface area contributed by atoms with E-state index >= 15 is 0 Å². The van der Waals surface area contributed by atoms with Crippen molar-refractivity contribution in [1.82, 2.24) is 4.98 Å². The van der Waals surface area contributed by atoms with Gasteiger partial charge in [-0.25, -0.2) is 13.8 Å². The summed E-state index contributed by atoms with van der Waals surface area (Å²) in [6, 6.07) is 3.16. The molecule has 8 heteroatoms. The van der Waals surface area contributed by atoms with Gasteiger partial charge in [-0.2, -0.15) is 13.2 Å². The van der Waals surface area contributed by atoms with Gasteiger partial charge in [0.05, 0.1) is 17.6 Å². The number of halogens is 5. The summed E-state index contributed by atoms with van der Waals surface area (Å²) in [5.41, 5.74) is 4.03. The number of hydrogen-bond acceptors (Lipinski definition) is 3. The highest BCUT2D eigenvalue weighted by Crippen LogP contribution is 2.32. The van der Waals surface area contributed by atoms with Gasteiger partial charge in [0.15, 0.2) is 0 Å². The summed E-state index contributed by atoms with van der Waals surface area (Å²) in [6.45, 7) is 0. The molecule has 0 amide bonds. The van der Waals surface area contributed by atoms with Crippen molar-refractivity contribution in [2.45, 2.75) is 6.18 Å². The lowest BCUT2D eigenvalue weighted by Gasteiger charge is -2.12. The summed E-state index contributed by atoms with van der Waals surface area (Å²) >= 11 is 0. The van der Waals surface area contributed by atoms with E-state index < -0.39 is 23.5 Å². The molecule has 0 saturated heterocycles. The molecule has 0 unspecified atom stereocenters. The third-order valence-electron chi connectivity index (χ3n) is 2.37. The summed E-state index contributed by atoms with van der Waals surface area (Å²) in [5, 5.41) is 2.42. The Bertz CT molecular complexity index is 619. The molecule has 1 heterocycles. The first-order valence-electron chi connectivity index (χ1n) is 5.31. The number of anilines is 3. The van der Waals surface area contributed by atoms with E-state index in [1.54, 1.807) is 0 Å². The molecule has 1 aromatic carbocycles. The topological polar surface area (TPSA) is 50.9 Å². The molecule has 3 N–H and O–H groups in total. The molecule has 20 heavy (non-hydrogen) atoms. The zero-order valence-electron chi connectivity index (χ0n) is 9.80. The molecular formula is C12H8F5N3. The van der Waals surface area contributed by atoms with Crippen LogP contribution in [0.15, 0.2) is 30.5 Å². The first-order chi connectivity index (χ1) is 9.25. The van der Waals surface area contributed by atoms with Crippen molar-refractivity contribution in [1.29, 1.82) is 0 Å². The summed E-state index contributed by atoms with van der Waals surface area (Å²) in [5.74, 6) is -1.73. The lowest BCUT2D eigenvalue weighted by molar-refractivity contribution is -0.141. The van der Waals surface area contributed by atoms with E-state index in [-0.39, 0.29) is 17.1 Å². The summed E-state index contributed by atoms with van der Waals surface area (Å²) < 4.78 is 63.5. The van der Waals surface area contributed by atoms with Crippen LogP contribution in [0, 0.1) is 11.6 Å². The van der Waals surface area contributed by atoms with Crippen LogP contribution in [0.3, 0.4) is 0 Å². The summed E-state index contributed by atoms with van der Waals surface area (Å²) in [6.07, 6.45) is -3.82. The van der Waals surface area contributed by atoms with Crippen molar-refractivity contribution < 1.29 is 22.0 Å². The van der Waals surface area contributed by atoms with Crippen molar-refractivity contribution in [2.24, 2.45) is 0 Å². The van der Waals surface area contributed by atoms with Crippen LogP contribution in [0.4, 0.5) is 39.0 Å². The quantitative estimate of drug-likeness (QED) is 0.829. The van der Waals surface area contributed by atoms with Crippen LogP contribution in [0.2, 0.25) is 0 Å². The highest BCUT2D eigenvalue weighted by Gasteiger charge is 2.33. The molecule has 0 radical (unpaired) electrons. The van der Waals surface area contributed by atoms with Crippen LogP contribution < -0.4 is 11.1 Å². The molecule has 0 aliphatic rings. The molecule has 2 rings (SSSR count). The maximum absolute atomic E-state index is 13.0. The van der Waals surface area contributed by atoms with Gasteiger partial charge < -0.3 is 11.1 Å². The third-order valence-corrected chi connectivity index (χ3v) is 2.37. The molecule has 3 nitrogen and oxygen atoms in total. The number of nitrogen functional groups attached to an aromatic ring is 1. The van der Waals surface area contributed by atoms with E-state index in [0.717, 1.165) is 18.3 Å². The Morgan fingerprint density at radius 3 is 2.15 bits per heavy atom. The SMILES string of the molecule is Nc1cnc(C(F)(F)F)cc1Nc1cc(F)cc(F)c1. The minimum Gasteiger partial charge on any atom is -0.396 e. The zero-order valence-corrected chi connectivity index (χ0v) is 9.80. The minimum absolute atomic E-state index is 0.0616. The lowest BCUT2D eigenvalue weighted by Crippen LogP contribution is -2.09. The average molecular weight is 289 g/mol. The van der Waals surface area contributed by atoms with Crippen LogP contribution in [0.1, 0.15) is 5.69 Å². The van der Waals surface area contributed by atoms with Crippen molar-refractivity contribution in [3.63, 3.8) is 0 Å². The monoisotopic (exact) mass is 289 g/mol. The highest BCUT2D eigenvalue weighted by molar-refractivity contribution is 5.72. The van der Waals surface area contributed by atoms with Crippen molar-refractivity contribution >= 4 is 17.1 Å². The minimum atomic E-state index is -4.64. The van der Waals surface area contributed by atoms with Crippen LogP contribution in [-0.4, -0.2) is 4.98 Å². The Kier molecular flexibility index (Phi) is 3.47. The second kappa shape index (κ2) is 4.95. The number of nitrogens with one attached hydrogen (secondary N) is 1. The molecule has 0 spiro atoms. The van der Waals surface area contributed by atoms with Gasteiger partial charge in [-0.3, -0.25) is 0 Å². The summed E-state index contributed by atoms with van der Waals surface area (Å²) in [4.78, 5) is 3.15. The Labute approximate surface area is 110 Å². The number of rotatable bonds is 2. The smallest absolute Gasteiger partial charge is 0.396 e. The molecule has 0 aliphatic heterocycles. The van der Waals surface area contributed by atoms with Gasteiger partial charge in [0.25, 0.3) is 0 Å². The largest absolute Gasteiger partial charge is 0.433 e. The number of nitrogens with zero attached hydrogens (tertiary/aromatic N) is 1. The third kappa shape index (κ3) is 3.14. The van der Waals surface area contributed by atoms with Gasteiger partial charge in [-0.05, 0) is 18.2 Å². The molecule has 0 saturated carbocycles. The second-order valence-electron chi connectivity index (χ2n) is 3.94. The Balaban J connectivity index is 2.37. The van der Waals surface area contributed by atoms with Crippen molar-refractivity contribution in [3.8, 4) is 0 Å². The van der Waals surface area contributed by atoms with E-state index in [2.05, 4.69) is 10.3 Å². The Hall–Kier alpha value is -2.38. The standard InChI is InChI=1S/C12H8F5N3/c13-6-1-7(14)3-8(2-6)20-10-4-11(12(15,16)17)19-5-9(10)18/h1-5H,18H2,(H,19,20). The average Bonchev–Trinajstić information content (AvgIpc) is 2.29. The summed E-state index contributed by atoms with van der Waals surface area (Å²) in [7, 11) is 0. The number of aromatic nitrogens is 1. The Morgan fingerprint density at radius 1 is 1.00 bits per heavy atom. The van der Waals surface area contributed by atoms with Gasteiger partial charge in [0, 0.05) is 11.8 Å². The predicted molar refractivity (Wildman–Crippen MR) is 63.3 cm³/mol. The second-order valence-corrected chi connectivity index (χ2v) is 3.94. The number of alkyl halides is 3. The molecule has 1 aromatic heterocycles. The number of benzene rings is 1. The number of hydrogen-bond donors (Lipinski definition) is 2. The fraction of sp³-hybridized carbons (Fsp3) is 0.0833. The van der Waals surface area contributed by atoms with Crippen molar-refractivity contribution in [3.05, 3.63) is 47.8 Å². The van der Waals surface area contributed by atoms with E-state index in [0.29, 0.717) is 12.1 Å². The molecule has 106 valence electrons. The fourth-order valence-corrected chi connectivity index (χ4v) is 1.51. The normalized spacial score (nSPS) is 11.4. The van der Waals surface area contributed by atoms with Gasteiger partial charge in [-0.15, -0.1) is 0 Å². The molecule has 0 atom stereocenters. The maximum Gasteiger partial charge on any atom is 0.433 e. The molecule has 0 fully saturated rings. The predicted octanol–water partition coefficient (Wildman–Crippen LogP) is 3.70. The maximum atomic E-state index is 13.0. The van der Waals surface area contributed by atoms with Gasteiger partial charge >= 0.3 is 6.18 Å². The Morgan fingerprint density at radius 2 is 1.60 bits per heavy atom. The fourth-order valence-electron chi connectivity index (χ4n) is 1.51. The van der Waals surface area contributed by atoms with Crippen LogP contribution in [0.5, 0.6) is 0 Å². The van der Waals surface area contributed by atoms with E-state index in [1.807, 2.05) is 0 Å². The molecule has 2 aromatic rings. The van der Waals surface area contributed by atoms with E-state index in [1.165, 1.54) is 0 Å². The van der Waals surface area contributed by atoms with Gasteiger partial charge in [0.2, 0.25) is 0 Å². The zero-order chi connectivity index (χ0) is 14.9.